The fourth-order valence-corrected chi connectivity index (χ4v) is 6.15. The molecule has 2 aliphatic rings. The van der Waals surface area contributed by atoms with E-state index in [0.717, 1.165) is 48.9 Å². The van der Waals surface area contributed by atoms with Gasteiger partial charge >= 0.3 is 0 Å². The van der Waals surface area contributed by atoms with Gasteiger partial charge in [0.1, 0.15) is 10.7 Å². The highest BCUT2D eigenvalue weighted by atomic mass is 32.1. The van der Waals surface area contributed by atoms with E-state index < -0.39 is 0 Å². The Morgan fingerprint density at radius 2 is 1.90 bits per heavy atom. The first kappa shape index (κ1) is 21.2. The molecule has 0 atom stereocenters. The van der Waals surface area contributed by atoms with Gasteiger partial charge in [-0.25, -0.2) is 9.97 Å². The van der Waals surface area contributed by atoms with E-state index in [4.69, 9.17) is 14.7 Å². The highest BCUT2D eigenvalue weighted by Crippen LogP contribution is 2.45. The van der Waals surface area contributed by atoms with E-state index in [-0.39, 0.29) is 6.61 Å². The highest BCUT2D eigenvalue weighted by molar-refractivity contribution is 7.18. The third kappa shape index (κ3) is 4.98. The third-order valence-electron chi connectivity index (χ3n) is 6.79. The molecule has 1 aliphatic carbocycles. The Morgan fingerprint density at radius 3 is 2.59 bits per heavy atom. The van der Waals surface area contributed by atoms with Crippen LogP contribution in [0.5, 0.6) is 0 Å². The number of aliphatic hydroxyl groups is 1. The zero-order chi connectivity index (χ0) is 20.4. The van der Waals surface area contributed by atoms with Gasteiger partial charge in [0.15, 0.2) is 0 Å². The number of rotatable bonds is 6. The second-order valence-electron chi connectivity index (χ2n) is 9.56. The molecular formula is C23H35N3O2S. The molecule has 2 aromatic heterocycles. The average Bonchev–Trinajstić information content (AvgIpc) is 3.12. The van der Waals surface area contributed by atoms with Crippen molar-refractivity contribution in [1.82, 2.24) is 14.9 Å². The summed E-state index contributed by atoms with van der Waals surface area (Å²) < 4.78 is 5.54. The minimum absolute atomic E-state index is 0.178. The second-order valence-corrected chi connectivity index (χ2v) is 10.6. The normalized spacial score (nSPS) is 21.3. The van der Waals surface area contributed by atoms with Crippen molar-refractivity contribution in [3.8, 4) is 0 Å². The lowest BCUT2D eigenvalue weighted by Crippen LogP contribution is -2.40. The van der Waals surface area contributed by atoms with Crippen molar-refractivity contribution in [2.45, 2.75) is 77.8 Å². The van der Waals surface area contributed by atoms with Crippen molar-refractivity contribution < 1.29 is 9.84 Å². The summed E-state index contributed by atoms with van der Waals surface area (Å²) in [6, 6.07) is 2.83. The van der Waals surface area contributed by atoms with Crippen molar-refractivity contribution in [2.75, 3.05) is 26.4 Å². The maximum absolute atomic E-state index is 9.63. The van der Waals surface area contributed by atoms with Crippen LogP contribution in [0.1, 0.15) is 74.7 Å². The number of aliphatic hydroxyl groups excluding tert-OH is 1. The van der Waals surface area contributed by atoms with Crippen LogP contribution in [0, 0.1) is 12.3 Å². The van der Waals surface area contributed by atoms with Gasteiger partial charge in [0.25, 0.3) is 0 Å². The summed E-state index contributed by atoms with van der Waals surface area (Å²) in [5.74, 6) is 1.51. The van der Waals surface area contributed by atoms with E-state index in [2.05, 4.69) is 24.8 Å². The Morgan fingerprint density at radius 1 is 1.17 bits per heavy atom. The van der Waals surface area contributed by atoms with Crippen LogP contribution in [0.4, 0.5) is 0 Å². The number of thiophene rings is 1. The summed E-state index contributed by atoms with van der Waals surface area (Å²) in [5, 5.41) is 10.8. The van der Waals surface area contributed by atoms with Crippen molar-refractivity contribution in [2.24, 2.45) is 5.41 Å². The summed E-state index contributed by atoms with van der Waals surface area (Å²) in [7, 11) is 0. The average molecular weight is 418 g/mol. The first-order valence-electron chi connectivity index (χ1n) is 11.1. The lowest BCUT2D eigenvalue weighted by molar-refractivity contribution is 0.0245. The van der Waals surface area contributed by atoms with Gasteiger partial charge in [-0.15, -0.1) is 11.3 Å². The Hall–Kier alpha value is -1.08. The van der Waals surface area contributed by atoms with Crippen LogP contribution in [0.15, 0.2) is 6.07 Å². The predicted molar refractivity (Wildman–Crippen MR) is 118 cm³/mol. The molecule has 0 unspecified atom stereocenters. The molecule has 2 fully saturated rings. The Kier molecular flexibility index (Phi) is 6.54. The van der Waals surface area contributed by atoms with Crippen molar-refractivity contribution in [3.05, 3.63) is 22.5 Å². The quantitative estimate of drug-likeness (QED) is 0.741. The summed E-state index contributed by atoms with van der Waals surface area (Å²) in [6.07, 6.45) is 7.22. The van der Waals surface area contributed by atoms with Gasteiger partial charge in [-0.3, -0.25) is 4.90 Å². The molecule has 0 radical (unpaired) electrons. The van der Waals surface area contributed by atoms with Crippen LogP contribution in [0.25, 0.3) is 10.2 Å². The molecule has 3 heterocycles. The molecule has 1 saturated heterocycles. The largest absolute Gasteiger partial charge is 0.395 e. The first-order valence-corrected chi connectivity index (χ1v) is 12.0. The van der Waals surface area contributed by atoms with Gasteiger partial charge in [-0.2, -0.15) is 0 Å². The topological polar surface area (TPSA) is 58.5 Å². The molecule has 1 saturated carbocycles. The fraction of sp³-hybridized carbons (Fsp3) is 0.739. The van der Waals surface area contributed by atoms with Crippen molar-refractivity contribution in [3.63, 3.8) is 0 Å². The minimum Gasteiger partial charge on any atom is -0.395 e. The number of fused-ring (bicyclic) bond motifs is 1. The van der Waals surface area contributed by atoms with Crippen molar-refractivity contribution >= 4 is 21.6 Å². The van der Waals surface area contributed by atoms with E-state index >= 15 is 0 Å². The Bertz CT molecular complexity index is 819. The van der Waals surface area contributed by atoms with E-state index in [0.29, 0.717) is 23.9 Å². The third-order valence-corrected chi connectivity index (χ3v) is 7.98. The van der Waals surface area contributed by atoms with Gasteiger partial charge in [-0.1, -0.05) is 13.8 Å². The van der Waals surface area contributed by atoms with E-state index in [1.807, 2.05) is 18.3 Å². The van der Waals surface area contributed by atoms with Crippen LogP contribution < -0.4 is 0 Å². The number of aryl methyl sites for hydroxylation is 1. The molecule has 0 spiro atoms. The standard InChI is InChI=1S/C23H35N3O2S/c1-16-24-20(15-26(10-11-27)18-6-12-28-13-7-18)19-14-21(29-22(19)25-16)17-4-8-23(2,3)9-5-17/h14,17-18,27H,4-13,15H2,1-3H3. The first-order chi connectivity index (χ1) is 13.9. The van der Waals surface area contributed by atoms with Crippen LogP contribution >= 0.6 is 11.3 Å². The Labute approximate surface area is 178 Å². The number of hydrogen-bond donors (Lipinski definition) is 1. The zero-order valence-corrected chi connectivity index (χ0v) is 18.9. The summed E-state index contributed by atoms with van der Waals surface area (Å²) in [6.45, 7) is 10.0. The zero-order valence-electron chi connectivity index (χ0n) is 18.1. The molecule has 29 heavy (non-hydrogen) atoms. The van der Waals surface area contributed by atoms with E-state index in [1.54, 1.807) is 0 Å². The predicted octanol–water partition coefficient (Wildman–Crippen LogP) is 4.66. The van der Waals surface area contributed by atoms with Gasteiger partial charge in [0.2, 0.25) is 0 Å². The molecule has 1 aliphatic heterocycles. The van der Waals surface area contributed by atoms with Crippen LogP contribution in [-0.4, -0.2) is 52.4 Å². The number of aromatic nitrogens is 2. The van der Waals surface area contributed by atoms with Crippen LogP contribution in [-0.2, 0) is 11.3 Å². The maximum Gasteiger partial charge on any atom is 0.127 e. The number of hydrogen-bond acceptors (Lipinski definition) is 6. The molecular weight excluding hydrogens is 382 g/mol. The summed E-state index contributed by atoms with van der Waals surface area (Å²) in [5.41, 5.74) is 1.61. The monoisotopic (exact) mass is 417 g/mol. The molecule has 0 aromatic carbocycles. The fourth-order valence-electron chi connectivity index (χ4n) is 4.88. The van der Waals surface area contributed by atoms with Gasteiger partial charge in [0, 0.05) is 42.6 Å². The Balaban J connectivity index is 1.59. The molecule has 1 N–H and O–H groups in total. The maximum atomic E-state index is 9.63. The molecule has 160 valence electrons. The summed E-state index contributed by atoms with van der Waals surface area (Å²) >= 11 is 1.87. The molecule has 0 bridgehead atoms. The lowest BCUT2D eigenvalue weighted by Gasteiger charge is -2.34. The molecule has 2 aromatic rings. The smallest absolute Gasteiger partial charge is 0.127 e. The van der Waals surface area contributed by atoms with Gasteiger partial charge < -0.3 is 9.84 Å². The second kappa shape index (κ2) is 8.96. The lowest BCUT2D eigenvalue weighted by atomic mass is 9.73. The number of nitrogens with zero attached hydrogens (tertiary/aromatic N) is 3. The van der Waals surface area contributed by atoms with E-state index in [1.165, 1.54) is 35.9 Å². The summed E-state index contributed by atoms with van der Waals surface area (Å²) in [4.78, 5) is 14.6. The van der Waals surface area contributed by atoms with Gasteiger partial charge in [0.05, 0.1) is 12.3 Å². The molecule has 5 nitrogen and oxygen atoms in total. The number of ether oxygens (including phenoxy) is 1. The molecule has 4 rings (SSSR count). The van der Waals surface area contributed by atoms with Gasteiger partial charge in [-0.05, 0) is 62.8 Å². The molecule has 0 amide bonds. The van der Waals surface area contributed by atoms with Crippen LogP contribution in [0.2, 0.25) is 0 Å². The SMILES string of the molecule is Cc1nc(CN(CCO)C2CCOCC2)c2cc(C3CCC(C)(C)CC3)sc2n1. The van der Waals surface area contributed by atoms with Crippen LogP contribution in [0.3, 0.4) is 0 Å². The molecule has 6 heteroatoms. The van der Waals surface area contributed by atoms with Crippen molar-refractivity contribution in [1.29, 1.82) is 0 Å². The van der Waals surface area contributed by atoms with E-state index in [9.17, 15) is 5.11 Å². The minimum atomic E-state index is 0.178. The highest BCUT2D eigenvalue weighted by Gasteiger charge is 2.29.